The van der Waals surface area contributed by atoms with Gasteiger partial charge in [-0.15, -0.1) is 92.8 Å². The van der Waals surface area contributed by atoms with E-state index in [1.807, 2.05) is 0 Å². The summed E-state index contributed by atoms with van der Waals surface area (Å²) in [5.41, 5.74) is 0.103. The van der Waals surface area contributed by atoms with Gasteiger partial charge < -0.3 is 40.6 Å². The SMILES string of the molecule is Clc1c(Cl)c(Cl)c2c3[n-]c(c2c1Cl)/N=C1\[N-]C(/N=c2\[n-]/c(c4c(Cl)c(Cl)c(Cl)c(Cl)c24)=N\C2[N-]/C(=N\3)C3C(Cl)C(Cl)C(Cl)C(Cl)C23)C2C(Cl)C(Cl)C(Cl)C(Cl)C12.[Ni+2]. The molecular formula is C32H14Cl16N8Ni-2. The number of amidine groups is 2. The number of aliphatic imine (C=N–C) groups is 2. The molecule has 0 amide bonds. The number of nitrogens with zero attached hydrogens (tertiary/aromatic N) is 8. The van der Waals surface area contributed by atoms with Crippen LogP contribution in [0.1, 0.15) is 0 Å². The smallest absolute Gasteiger partial charge is 0.459 e. The Morgan fingerprint density at radius 3 is 1.04 bits per heavy atom. The van der Waals surface area contributed by atoms with Crippen molar-refractivity contribution in [2.45, 2.75) is 55.3 Å². The number of alkyl halides is 8. The van der Waals surface area contributed by atoms with E-state index in [2.05, 4.69) is 0 Å². The van der Waals surface area contributed by atoms with E-state index in [0.717, 1.165) is 0 Å². The van der Waals surface area contributed by atoms with Crippen LogP contribution in [0.4, 0.5) is 11.6 Å². The van der Waals surface area contributed by atoms with Crippen LogP contribution in [-0.4, -0.2) is 67.0 Å². The van der Waals surface area contributed by atoms with E-state index >= 15 is 0 Å². The molecule has 2 saturated heterocycles. The number of benzene rings is 2. The fourth-order valence-electron chi connectivity index (χ4n) is 8.07. The van der Waals surface area contributed by atoms with Crippen LogP contribution in [0.25, 0.3) is 32.2 Å². The summed E-state index contributed by atoms with van der Waals surface area (Å²) in [7, 11) is 0. The van der Waals surface area contributed by atoms with Crippen molar-refractivity contribution in [3.63, 3.8) is 0 Å². The molecule has 14 atom stereocenters. The van der Waals surface area contributed by atoms with Crippen molar-refractivity contribution in [1.29, 1.82) is 0 Å². The standard InChI is InChI=1S/C32H14Cl16N8.Ni/c33-9-1-2(10(34)18(42)17(9)41)26-49-25(1)53-27-3-4(12(36)20(44)19(43)11(3)35)29(50-27)55-31-7-8(16(40)24(48)23(47)15(7)39)32(52-31)56-30-6-5(28(51-30)54-26)13(37)21(45)22(46)14(6)38;/h1-2,7-10,15-18,23-25,31H;/q-4;+2. The maximum Gasteiger partial charge on any atom is 2.00 e. The average molecular weight is 1140 g/mol. The van der Waals surface area contributed by atoms with Crippen LogP contribution >= 0.6 is 186 Å². The third-order valence-electron chi connectivity index (χ3n) is 10.7. The predicted molar refractivity (Wildman–Crippen MR) is 236 cm³/mol. The molecule has 8 bridgehead atoms. The predicted octanol–water partition coefficient (Wildman–Crippen LogP) is 12.9. The number of halogens is 16. The molecule has 25 heteroatoms. The molecule has 5 aliphatic rings. The summed E-state index contributed by atoms with van der Waals surface area (Å²) in [5, 5.41) is 4.08. The third kappa shape index (κ3) is 6.71. The van der Waals surface area contributed by atoms with Gasteiger partial charge in [0.05, 0.1) is 83.2 Å². The topological polar surface area (TPSA) is 106 Å². The van der Waals surface area contributed by atoms with Gasteiger partial charge in [0.2, 0.25) is 0 Å². The summed E-state index contributed by atoms with van der Waals surface area (Å²) in [5.74, 6) is -2.43. The van der Waals surface area contributed by atoms with Gasteiger partial charge in [-0.2, -0.15) is 0 Å². The molecule has 9 rings (SSSR count). The molecule has 57 heavy (non-hydrogen) atoms. The maximum absolute atomic E-state index is 7.07. The first-order valence-corrected chi connectivity index (χ1v) is 22.7. The molecule has 4 fully saturated rings. The van der Waals surface area contributed by atoms with Gasteiger partial charge in [0.25, 0.3) is 0 Å². The van der Waals surface area contributed by atoms with E-state index in [0.29, 0.717) is 0 Å². The van der Waals surface area contributed by atoms with Crippen molar-refractivity contribution < 1.29 is 16.5 Å². The Kier molecular flexibility index (Phi) is 12.8. The van der Waals surface area contributed by atoms with Gasteiger partial charge in [-0.25, -0.2) is 0 Å². The van der Waals surface area contributed by atoms with Crippen LogP contribution in [0.2, 0.25) is 40.2 Å². The van der Waals surface area contributed by atoms with Crippen LogP contribution in [-0.2, 0) is 16.5 Å². The molecular weight excluding hydrogens is 1120 g/mol. The molecule has 306 valence electrons. The first-order valence-electron chi connectivity index (χ1n) is 16.2. The van der Waals surface area contributed by atoms with Crippen LogP contribution in [0.5, 0.6) is 0 Å². The zero-order chi connectivity index (χ0) is 40.1. The maximum atomic E-state index is 7.07. The minimum Gasteiger partial charge on any atom is -0.459 e. The van der Waals surface area contributed by atoms with Crippen molar-refractivity contribution in [2.24, 2.45) is 43.6 Å². The van der Waals surface area contributed by atoms with Crippen LogP contribution in [0.15, 0.2) is 20.0 Å². The normalized spacial score (nSPS) is 38.7. The van der Waals surface area contributed by atoms with E-state index in [1.165, 1.54) is 0 Å². The zero-order valence-electron chi connectivity index (χ0n) is 27.0. The van der Waals surface area contributed by atoms with Gasteiger partial charge in [-0.1, -0.05) is 104 Å². The molecule has 2 aliphatic carbocycles. The van der Waals surface area contributed by atoms with Crippen molar-refractivity contribution >= 4 is 230 Å². The summed E-state index contributed by atoms with van der Waals surface area (Å²) in [6.45, 7) is 0. The second kappa shape index (κ2) is 16.3. The van der Waals surface area contributed by atoms with E-state index in [4.69, 9.17) is 226 Å². The minimum atomic E-state index is -1.01. The molecule has 3 aliphatic heterocycles. The summed E-state index contributed by atoms with van der Waals surface area (Å²) >= 11 is 109. The van der Waals surface area contributed by atoms with Crippen LogP contribution in [0, 0.1) is 23.7 Å². The quantitative estimate of drug-likeness (QED) is 0.0757. The number of aromatic nitrogens is 2. The van der Waals surface area contributed by atoms with Gasteiger partial charge in [-0.05, 0) is 47.6 Å². The molecule has 5 heterocycles. The Morgan fingerprint density at radius 1 is 0.368 bits per heavy atom. The van der Waals surface area contributed by atoms with E-state index < -0.39 is 79.0 Å². The second-order valence-electron chi connectivity index (χ2n) is 13.6. The monoisotopic (exact) mass is 1130 g/mol. The third-order valence-corrected chi connectivity index (χ3v) is 19.5. The van der Waals surface area contributed by atoms with Crippen molar-refractivity contribution in [3.8, 4) is 0 Å². The Bertz CT molecular complexity index is 2400. The van der Waals surface area contributed by atoms with Crippen LogP contribution in [0.3, 0.4) is 0 Å². The Morgan fingerprint density at radius 2 is 0.684 bits per heavy atom. The Hall–Kier alpha value is 1.19. The minimum absolute atomic E-state index is 0. The molecule has 0 radical (unpaired) electrons. The summed E-state index contributed by atoms with van der Waals surface area (Å²) < 4.78 is 0. The van der Waals surface area contributed by atoms with Crippen molar-refractivity contribution in [3.05, 3.63) is 61.8 Å². The van der Waals surface area contributed by atoms with Gasteiger partial charge >= 0.3 is 16.5 Å². The summed E-state index contributed by atoms with van der Waals surface area (Å²) in [6.07, 6.45) is -2.03. The van der Waals surface area contributed by atoms with Gasteiger partial charge in [-0.3, -0.25) is 0 Å². The molecule has 4 aromatic rings. The summed E-state index contributed by atoms with van der Waals surface area (Å²) in [6, 6.07) is 0. The van der Waals surface area contributed by atoms with E-state index in [1.54, 1.807) is 0 Å². The molecule has 0 spiro atoms. The number of rotatable bonds is 0. The first kappa shape index (κ1) is 44.8. The van der Waals surface area contributed by atoms with Gasteiger partial charge in [0.15, 0.2) is 0 Å². The molecule has 14 unspecified atom stereocenters. The molecule has 2 aromatic carbocycles. The Labute approximate surface area is 413 Å². The molecule has 2 saturated carbocycles. The second-order valence-corrected chi connectivity index (χ2v) is 20.6. The average Bonchev–Trinajstić information content (AvgIpc) is 3.92. The van der Waals surface area contributed by atoms with Gasteiger partial charge in [0.1, 0.15) is 0 Å². The molecule has 2 aromatic heterocycles. The first-order chi connectivity index (χ1) is 26.4. The summed E-state index contributed by atoms with van der Waals surface area (Å²) in [4.78, 5) is 29.4. The fourth-order valence-corrected chi connectivity index (χ4v) is 13.4. The number of hydrogen-bond acceptors (Lipinski definition) is 4. The number of hydrogen-bond donors (Lipinski definition) is 0. The van der Waals surface area contributed by atoms with Crippen molar-refractivity contribution in [2.75, 3.05) is 0 Å². The fraction of sp³-hybridized carbons (Fsp3) is 0.438. The van der Waals surface area contributed by atoms with Crippen molar-refractivity contribution in [1.82, 2.24) is 9.97 Å². The van der Waals surface area contributed by atoms with E-state index in [-0.39, 0.29) is 112 Å². The molecule has 0 N–H and O–H groups in total. The van der Waals surface area contributed by atoms with E-state index in [9.17, 15) is 0 Å². The van der Waals surface area contributed by atoms with Gasteiger partial charge in [0, 0.05) is 32.5 Å². The molecule has 8 nitrogen and oxygen atoms in total. The zero-order valence-corrected chi connectivity index (χ0v) is 40.1. The van der Waals surface area contributed by atoms with Crippen LogP contribution < -0.4 is 20.9 Å². The number of fused-ring (bicyclic) bond motifs is 20. The Balaban J connectivity index is 0.00000455. The largest absolute Gasteiger partial charge is 2.00 e.